The molecule has 0 aromatic rings. The number of hydrogen-bond acceptors (Lipinski definition) is 2. The zero-order chi connectivity index (χ0) is 12.0. The number of amides is 1. The van der Waals surface area contributed by atoms with Gasteiger partial charge < -0.3 is 11.1 Å². The molecule has 0 bridgehead atoms. The van der Waals surface area contributed by atoms with E-state index < -0.39 is 0 Å². The Kier molecular flexibility index (Phi) is 5.26. The molecule has 0 aromatic heterocycles. The summed E-state index contributed by atoms with van der Waals surface area (Å²) in [7, 11) is 0. The predicted octanol–water partition coefficient (Wildman–Crippen LogP) is 2.06. The molecule has 0 aliphatic heterocycles. The zero-order valence-corrected chi connectivity index (χ0v) is 10.7. The van der Waals surface area contributed by atoms with Gasteiger partial charge in [0.1, 0.15) is 0 Å². The van der Waals surface area contributed by atoms with Crippen LogP contribution in [0.4, 0.5) is 0 Å². The third-order valence-corrected chi connectivity index (χ3v) is 3.66. The summed E-state index contributed by atoms with van der Waals surface area (Å²) in [6, 6.07) is 0. The third kappa shape index (κ3) is 4.12. The molecule has 1 saturated carbocycles. The zero-order valence-electron chi connectivity index (χ0n) is 10.7. The van der Waals surface area contributed by atoms with Crippen LogP contribution >= 0.6 is 0 Å². The maximum absolute atomic E-state index is 11.9. The Morgan fingerprint density at radius 2 is 1.94 bits per heavy atom. The van der Waals surface area contributed by atoms with Crippen LogP contribution in [0.25, 0.3) is 0 Å². The van der Waals surface area contributed by atoms with E-state index in [2.05, 4.69) is 5.32 Å². The van der Waals surface area contributed by atoms with E-state index in [1.807, 2.05) is 13.8 Å². The number of carbonyl (C=O) groups is 1. The van der Waals surface area contributed by atoms with Crippen molar-refractivity contribution in [3.05, 3.63) is 0 Å². The van der Waals surface area contributed by atoms with Crippen molar-refractivity contribution < 1.29 is 4.79 Å². The fraction of sp³-hybridized carbons (Fsp3) is 0.923. The fourth-order valence-corrected chi connectivity index (χ4v) is 2.34. The molecule has 1 aliphatic carbocycles. The molecule has 1 aliphatic rings. The van der Waals surface area contributed by atoms with Crippen LogP contribution in [-0.2, 0) is 4.79 Å². The molecule has 0 aromatic carbocycles. The van der Waals surface area contributed by atoms with E-state index in [4.69, 9.17) is 5.73 Å². The second kappa shape index (κ2) is 6.24. The molecule has 0 saturated heterocycles. The van der Waals surface area contributed by atoms with Crippen molar-refractivity contribution in [2.75, 3.05) is 13.1 Å². The van der Waals surface area contributed by atoms with Crippen LogP contribution in [0.3, 0.4) is 0 Å². The van der Waals surface area contributed by atoms with Crippen LogP contribution in [0.2, 0.25) is 0 Å². The molecular weight excluding hydrogens is 200 g/mol. The summed E-state index contributed by atoms with van der Waals surface area (Å²) in [6.45, 7) is 5.36. The first kappa shape index (κ1) is 13.5. The van der Waals surface area contributed by atoms with Crippen molar-refractivity contribution in [3.63, 3.8) is 0 Å². The summed E-state index contributed by atoms with van der Waals surface area (Å²) in [5.41, 5.74) is 5.20. The molecular formula is C13H26N2O. The minimum atomic E-state index is -0.316. The summed E-state index contributed by atoms with van der Waals surface area (Å²) in [6.07, 6.45) is 7.32. The van der Waals surface area contributed by atoms with Crippen molar-refractivity contribution >= 4 is 5.91 Å². The van der Waals surface area contributed by atoms with Gasteiger partial charge in [-0.2, -0.15) is 0 Å². The molecule has 0 unspecified atom stereocenters. The minimum absolute atomic E-state index is 0.156. The number of nitrogens with one attached hydrogen (secondary N) is 1. The lowest BCUT2D eigenvalue weighted by atomic mass is 9.86. The molecule has 3 heteroatoms. The summed E-state index contributed by atoms with van der Waals surface area (Å²) in [5.74, 6) is 0.856. The van der Waals surface area contributed by atoms with Gasteiger partial charge in [0.25, 0.3) is 0 Å². The van der Waals surface area contributed by atoms with Gasteiger partial charge in [-0.3, -0.25) is 4.79 Å². The topological polar surface area (TPSA) is 55.1 Å². The number of rotatable bonds is 5. The lowest BCUT2D eigenvalue weighted by Crippen LogP contribution is -2.40. The first-order valence-electron chi connectivity index (χ1n) is 6.54. The molecule has 94 valence electrons. The van der Waals surface area contributed by atoms with Crippen LogP contribution in [-0.4, -0.2) is 19.0 Å². The molecule has 0 atom stereocenters. The van der Waals surface area contributed by atoms with Gasteiger partial charge >= 0.3 is 0 Å². The second-order valence-electron chi connectivity index (χ2n) is 5.64. The fourth-order valence-electron chi connectivity index (χ4n) is 2.34. The van der Waals surface area contributed by atoms with E-state index in [0.29, 0.717) is 12.5 Å². The average Bonchev–Trinajstić information content (AvgIpc) is 2.27. The normalized spacial score (nSPS) is 18.4. The number of nitrogens with two attached hydrogens (primary N) is 1. The molecule has 0 spiro atoms. The largest absolute Gasteiger partial charge is 0.355 e. The Bertz CT molecular complexity index is 220. The lowest BCUT2D eigenvalue weighted by Gasteiger charge is -2.26. The Labute approximate surface area is 99.2 Å². The van der Waals surface area contributed by atoms with Gasteiger partial charge in [0.05, 0.1) is 0 Å². The highest BCUT2D eigenvalue weighted by Crippen LogP contribution is 2.24. The molecule has 0 heterocycles. The van der Waals surface area contributed by atoms with Gasteiger partial charge in [-0.05, 0) is 31.7 Å². The summed E-state index contributed by atoms with van der Waals surface area (Å²) >= 11 is 0. The molecule has 0 radical (unpaired) electrons. The van der Waals surface area contributed by atoms with E-state index in [-0.39, 0.29) is 11.3 Å². The SMILES string of the molecule is CC(C)(CCN)C(=O)NCC1CCCCC1. The number of carbonyl (C=O) groups excluding carboxylic acids is 1. The first-order valence-corrected chi connectivity index (χ1v) is 6.54. The van der Waals surface area contributed by atoms with E-state index in [0.717, 1.165) is 13.0 Å². The average molecular weight is 226 g/mol. The van der Waals surface area contributed by atoms with Crippen molar-refractivity contribution in [1.29, 1.82) is 0 Å². The van der Waals surface area contributed by atoms with Gasteiger partial charge in [-0.25, -0.2) is 0 Å². The highest BCUT2D eigenvalue weighted by atomic mass is 16.2. The molecule has 1 rings (SSSR count). The van der Waals surface area contributed by atoms with E-state index in [1.165, 1.54) is 32.1 Å². The van der Waals surface area contributed by atoms with Crippen LogP contribution in [0, 0.1) is 11.3 Å². The third-order valence-electron chi connectivity index (χ3n) is 3.66. The molecule has 16 heavy (non-hydrogen) atoms. The Morgan fingerprint density at radius 3 is 2.50 bits per heavy atom. The maximum atomic E-state index is 11.9. The Morgan fingerprint density at radius 1 is 1.31 bits per heavy atom. The van der Waals surface area contributed by atoms with Gasteiger partial charge in [-0.1, -0.05) is 33.1 Å². The standard InChI is InChI=1S/C13H26N2O/c1-13(2,8-9-14)12(16)15-10-11-6-4-3-5-7-11/h11H,3-10,14H2,1-2H3,(H,15,16). The molecule has 3 nitrogen and oxygen atoms in total. The molecule has 1 amide bonds. The summed E-state index contributed by atoms with van der Waals surface area (Å²) in [4.78, 5) is 11.9. The van der Waals surface area contributed by atoms with Gasteiger partial charge in [0.2, 0.25) is 5.91 Å². The van der Waals surface area contributed by atoms with Crippen molar-refractivity contribution in [2.24, 2.45) is 17.1 Å². The van der Waals surface area contributed by atoms with Crippen molar-refractivity contribution in [1.82, 2.24) is 5.32 Å². The summed E-state index contributed by atoms with van der Waals surface area (Å²) in [5, 5.41) is 3.08. The van der Waals surface area contributed by atoms with E-state index >= 15 is 0 Å². The van der Waals surface area contributed by atoms with E-state index in [9.17, 15) is 4.79 Å². The van der Waals surface area contributed by atoms with E-state index in [1.54, 1.807) is 0 Å². The monoisotopic (exact) mass is 226 g/mol. The molecule has 1 fully saturated rings. The highest BCUT2D eigenvalue weighted by molar-refractivity contribution is 5.81. The second-order valence-corrected chi connectivity index (χ2v) is 5.64. The van der Waals surface area contributed by atoms with Crippen LogP contribution in [0.15, 0.2) is 0 Å². The lowest BCUT2D eigenvalue weighted by molar-refractivity contribution is -0.129. The summed E-state index contributed by atoms with van der Waals surface area (Å²) < 4.78 is 0. The van der Waals surface area contributed by atoms with Crippen LogP contribution in [0.1, 0.15) is 52.4 Å². The molecule has 3 N–H and O–H groups in total. The smallest absolute Gasteiger partial charge is 0.225 e. The van der Waals surface area contributed by atoms with Crippen molar-refractivity contribution in [3.8, 4) is 0 Å². The van der Waals surface area contributed by atoms with Gasteiger partial charge in [0.15, 0.2) is 0 Å². The minimum Gasteiger partial charge on any atom is -0.355 e. The van der Waals surface area contributed by atoms with Gasteiger partial charge in [0, 0.05) is 12.0 Å². The van der Waals surface area contributed by atoms with Crippen molar-refractivity contribution in [2.45, 2.75) is 52.4 Å². The number of hydrogen-bond donors (Lipinski definition) is 2. The first-order chi connectivity index (χ1) is 7.56. The Hall–Kier alpha value is -0.570. The highest BCUT2D eigenvalue weighted by Gasteiger charge is 2.27. The van der Waals surface area contributed by atoms with Crippen LogP contribution in [0.5, 0.6) is 0 Å². The Balaban J connectivity index is 2.28. The predicted molar refractivity (Wildman–Crippen MR) is 67.0 cm³/mol. The van der Waals surface area contributed by atoms with Crippen LogP contribution < -0.4 is 11.1 Å². The maximum Gasteiger partial charge on any atom is 0.225 e. The quantitative estimate of drug-likeness (QED) is 0.754. The van der Waals surface area contributed by atoms with Gasteiger partial charge in [-0.15, -0.1) is 0 Å².